The first-order valence-electron chi connectivity index (χ1n) is 4.60. The lowest BCUT2D eigenvalue weighted by Gasteiger charge is -2.05. The molecule has 1 atom stereocenters. The van der Waals surface area contributed by atoms with Gasteiger partial charge in [-0.05, 0) is 19.3 Å². The van der Waals surface area contributed by atoms with Gasteiger partial charge < -0.3 is 0 Å². The van der Waals surface area contributed by atoms with Crippen molar-refractivity contribution in [1.29, 1.82) is 0 Å². The molecule has 0 radical (unpaired) electrons. The SMILES string of the molecule is NNC(=O)CCCCC1CCSS1. The number of nitrogens with two attached hydrogens (primary N) is 1. The van der Waals surface area contributed by atoms with Gasteiger partial charge in [0, 0.05) is 17.4 Å². The summed E-state index contributed by atoms with van der Waals surface area (Å²) in [5, 5.41) is 0.825. The zero-order valence-electron chi connectivity index (χ0n) is 7.62. The molecule has 5 heteroatoms. The summed E-state index contributed by atoms with van der Waals surface area (Å²) < 4.78 is 0. The Morgan fingerprint density at radius 3 is 3.00 bits per heavy atom. The van der Waals surface area contributed by atoms with Crippen LogP contribution < -0.4 is 11.3 Å². The molecular formula is C8H16N2OS2. The lowest BCUT2D eigenvalue weighted by atomic mass is 10.1. The van der Waals surface area contributed by atoms with Crippen molar-refractivity contribution in [2.45, 2.75) is 37.4 Å². The van der Waals surface area contributed by atoms with Gasteiger partial charge in [0.15, 0.2) is 0 Å². The van der Waals surface area contributed by atoms with Gasteiger partial charge in [-0.15, -0.1) is 0 Å². The third-order valence-corrected chi connectivity index (χ3v) is 5.07. The second-order valence-corrected chi connectivity index (χ2v) is 5.93. The van der Waals surface area contributed by atoms with Gasteiger partial charge in [-0.25, -0.2) is 5.84 Å². The maximum atomic E-state index is 10.8. The van der Waals surface area contributed by atoms with Crippen molar-refractivity contribution in [3.63, 3.8) is 0 Å². The molecule has 1 fully saturated rings. The molecule has 76 valence electrons. The minimum absolute atomic E-state index is 0.0477. The van der Waals surface area contributed by atoms with Crippen LogP contribution in [-0.2, 0) is 4.79 Å². The van der Waals surface area contributed by atoms with Gasteiger partial charge in [0.05, 0.1) is 0 Å². The Bertz CT molecular complexity index is 160. The average Bonchev–Trinajstić information content (AvgIpc) is 2.64. The van der Waals surface area contributed by atoms with Crippen LogP contribution in [0.5, 0.6) is 0 Å². The molecular weight excluding hydrogens is 204 g/mol. The van der Waals surface area contributed by atoms with E-state index in [4.69, 9.17) is 5.84 Å². The monoisotopic (exact) mass is 220 g/mol. The lowest BCUT2D eigenvalue weighted by Crippen LogP contribution is -2.29. The molecule has 3 nitrogen and oxygen atoms in total. The molecule has 3 N–H and O–H groups in total. The summed E-state index contributed by atoms with van der Waals surface area (Å²) >= 11 is 0. The molecule has 1 aliphatic heterocycles. The summed E-state index contributed by atoms with van der Waals surface area (Å²) in [6, 6.07) is 0. The number of nitrogens with one attached hydrogen (secondary N) is 1. The van der Waals surface area contributed by atoms with Crippen LogP contribution in [0.4, 0.5) is 0 Å². The van der Waals surface area contributed by atoms with E-state index in [0.29, 0.717) is 6.42 Å². The smallest absolute Gasteiger partial charge is 0.233 e. The highest BCUT2D eigenvalue weighted by atomic mass is 33.1. The third kappa shape index (κ3) is 4.78. The highest BCUT2D eigenvalue weighted by molar-refractivity contribution is 8.77. The predicted molar refractivity (Wildman–Crippen MR) is 59.3 cm³/mol. The minimum atomic E-state index is -0.0477. The fourth-order valence-corrected chi connectivity index (χ4v) is 4.32. The molecule has 0 aliphatic carbocycles. The van der Waals surface area contributed by atoms with Crippen molar-refractivity contribution in [1.82, 2.24) is 5.43 Å². The van der Waals surface area contributed by atoms with Crippen molar-refractivity contribution in [2.75, 3.05) is 5.75 Å². The summed E-state index contributed by atoms with van der Waals surface area (Å²) in [5.41, 5.74) is 2.15. The molecule has 1 unspecified atom stereocenters. The Morgan fingerprint density at radius 1 is 1.54 bits per heavy atom. The van der Waals surface area contributed by atoms with Crippen molar-refractivity contribution in [3.05, 3.63) is 0 Å². The molecule has 1 amide bonds. The number of rotatable bonds is 5. The van der Waals surface area contributed by atoms with E-state index in [1.807, 2.05) is 21.6 Å². The van der Waals surface area contributed by atoms with Gasteiger partial charge in [-0.3, -0.25) is 10.2 Å². The van der Waals surface area contributed by atoms with Crippen LogP contribution in [0.3, 0.4) is 0 Å². The van der Waals surface area contributed by atoms with Gasteiger partial charge in [-0.2, -0.15) is 0 Å². The molecule has 0 saturated carbocycles. The van der Waals surface area contributed by atoms with Gasteiger partial charge in [-0.1, -0.05) is 28.0 Å². The molecule has 0 aromatic rings. The van der Waals surface area contributed by atoms with Crippen LogP contribution >= 0.6 is 21.6 Å². The molecule has 1 heterocycles. The Kier molecular flexibility index (Phi) is 5.66. The Morgan fingerprint density at radius 2 is 2.38 bits per heavy atom. The largest absolute Gasteiger partial charge is 0.294 e. The maximum absolute atomic E-state index is 10.8. The fraction of sp³-hybridized carbons (Fsp3) is 0.875. The maximum Gasteiger partial charge on any atom is 0.233 e. The van der Waals surface area contributed by atoms with E-state index in [2.05, 4.69) is 5.43 Å². The van der Waals surface area contributed by atoms with E-state index in [1.165, 1.54) is 18.6 Å². The Balaban J connectivity index is 1.91. The van der Waals surface area contributed by atoms with E-state index in [-0.39, 0.29) is 5.91 Å². The van der Waals surface area contributed by atoms with Gasteiger partial charge >= 0.3 is 0 Å². The standard InChI is InChI=1S/C8H16N2OS2/c9-10-8(11)4-2-1-3-7-5-6-12-13-7/h7H,1-6,9H2,(H,10,11). The number of hydrogen-bond acceptors (Lipinski definition) is 4. The number of carbonyl (C=O) groups excluding carboxylic acids is 1. The first kappa shape index (κ1) is 11.2. The van der Waals surface area contributed by atoms with Crippen LogP contribution in [0.25, 0.3) is 0 Å². The van der Waals surface area contributed by atoms with Crippen LogP contribution in [0.1, 0.15) is 32.1 Å². The van der Waals surface area contributed by atoms with Crippen LogP contribution in [0.2, 0.25) is 0 Å². The normalized spacial score (nSPS) is 21.8. The van der Waals surface area contributed by atoms with Crippen LogP contribution in [-0.4, -0.2) is 16.9 Å². The molecule has 0 spiro atoms. The minimum Gasteiger partial charge on any atom is -0.294 e. The molecule has 13 heavy (non-hydrogen) atoms. The van der Waals surface area contributed by atoms with E-state index in [9.17, 15) is 4.79 Å². The second-order valence-electron chi connectivity index (χ2n) is 3.14. The zero-order valence-corrected chi connectivity index (χ0v) is 9.26. The highest BCUT2D eigenvalue weighted by Crippen LogP contribution is 2.39. The van der Waals surface area contributed by atoms with Crippen molar-refractivity contribution < 1.29 is 4.79 Å². The van der Waals surface area contributed by atoms with Crippen LogP contribution in [0, 0.1) is 0 Å². The number of amides is 1. The first-order valence-corrected chi connectivity index (χ1v) is 6.99. The zero-order chi connectivity index (χ0) is 9.52. The summed E-state index contributed by atoms with van der Waals surface area (Å²) in [4.78, 5) is 10.8. The summed E-state index contributed by atoms with van der Waals surface area (Å²) in [5.74, 6) is 6.21. The van der Waals surface area contributed by atoms with Gasteiger partial charge in [0.25, 0.3) is 0 Å². The molecule has 1 saturated heterocycles. The van der Waals surface area contributed by atoms with Crippen molar-refractivity contribution in [3.8, 4) is 0 Å². The molecule has 1 aliphatic rings. The van der Waals surface area contributed by atoms with Crippen molar-refractivity contribution >= 4 is 27.5 Å². The number of unbranched alkanes of at least 4 members (excludes halogenated alkanes) is 1. The quantitative estimate of drug-likeness (QED) is 0.243. The number of carbonyl (C=O) groups is 1. The van der Waals surface area contributed by atoms with Crippen molar-refractivity contribution in [2.24, 2.45) is 5.84 Å². The van der Waals surface area contributed by atoms with Crippen LogP contribution in [0.15, 0.2) is 0 Å². The first-order chi connectivity index (χ1) is 6.33. The van der Waals surface area contributed by atoms with E-state index >= 15 is 0 Å². The predicted octanol–water partition coefficient (Wildman–Crippen LogP) is 1.69. The number of hydrogen-bond donors (Lipinski definition) is 2. The van der Waals surface area contributed by atoms with E-state index < -0.39 is 0 Å². The molecule has 1 rings (SSSR count). The topological polar surface area (TPSA) is 55.1 Å². The second kappa shape index (κ2) is 6.56. The summed E-state index contributed by atoms with van der Waals surface area (Å²) in [6.45, 7) is 0. The number of hydrazine groups is 1. The van der Waals surface area contributed by atoms with Gasteiger partial charge in [0.1, 0.15) is 0 Å². The lowest BCUT2D eigenvalue weighted by molar-refractivity contribution is -0.121. The fourth-order valence-electron chi connectivity index (χ4n) is 1.29. The van der Waals surface area contributed by atoms with E-state index in [0.717, 1.165) is 18.1 Å². The Labute approximate surface area is 87.0 Å². The van der Waals surface area contributed by atoms with E-state index in [1.54, 1.807) is 0 Å². The highest BCUT2D eigenvalue weighted by Gasteiger charge is 2.15. The summed E-state index contributed by atoms with van der Waals surface area (Å²) in [7, 11) is 3.97. The Hall–Kier alpha value is 0.130. The molecule has 0 aromatic heterocycles. The van der Waals surface area contributed by atoms with Gasteiger partial charge in [0.2, 0.25) is 5.91 Å². The average molecular weight is 220 g/mol. The molecule has 0 bridgehead atoms. The molecule has 0 aromatic carbocycles. The third-order valence-electron chi connectivity index (χ3n) is 2.07. The summed E-state index contributed by atoms with van der Waals surface area (Å²) in [6.07, 6.45) is 5.26.